The third-order valence-electron chi connectivity index (χ3n) is 7.12. The normalized spacial score (nSPS) is 11.9. The van der Waals surface area contributed by atoms with Crippen LogP contribution in [0.4, 0.5) is 5.69 Å². The summed E-state index contributed by atoms with van der Waals surface area (Å²) in [7, 11) is -4.27. The van der Waals surface area contributed by atoms with E-state index in [2.05, 4.69) is 5.32 Å². The summed E-state index contributed by atoms with van der Waals surface area (Å²) in [6, 6.07) is 27.4. The molecular weight excluding hydrogens is 653 g/mol. The van der Waals surface area contributed by atoms with Crippen LogP contribution in [-0.4, -0.2) is 44.3 Å². The fourth-order valence-corrected chi connectivity index (χ4v) is 6.72. The summed E-state index contributed by atoms with van der Waals surface area (Å²) in [5, 5.41) is 4.10. The molecule has 45 heavy (non-hydrogen) atoms. The van der Waals surface area contributed by atoms with Crippen molar-refractivity contribution in [1.82, 2.24) is 10.2 Å². The summed E-state index contributed by atoms with van der Waals surface area (Å²) < 4.78 is 29.1. The van der Waals surface area contributed by atoms with Crippen molar-refractivity contribution >= 4 is 62.3 Å². The van der Waals surface area contributed by atoms with E-state index in [1.54, 1.807) is 42.5 Å². The predicted octanol–water partition coefficient (Wildman–Crippen LogP) is 7.40. The molecule has 0 saturated carbocycles. The van der Waals surface area contributed by atoms with Crippen LogP contribution < -0.4 is 9.62 Å². The van der Waals surface area contributed by atoms with E-state index in [1.807, 2.05) is 37.3 Å². The maximum Gasteiger partial charge on any atom is 0.264 e. The SMILES string of the molecule is CCCCNC(=O)C(Cc1ccccc1)N(Cc1cccc(Cl)c1)C(=O)CN(c1cccc(Cl)c1)S(=O)(=O)c1ccc(Cl)cc1. The molecule has 1 unspecified atom stereocenters. The van der Waals surface area contributed by atoms with Crippen molar-refractivity contribution in [3.63, 3.8) is 0 Å². The van der Waals surface area contributed by atoms with Crippen LogP contribution in [0, 0.1) is 0 Å². The van der Waals surface area contributed by atoms with Crippen LogP contribution in [-0.2, 0) is 32.6 Å². The minimum Gasteiger partial charge on any atom is -0.354 e. The van der Waals surface area contributed by atoms with Gasteiger partial charge in [-0.25, -0.2) is 8.42 Å². The van der Waals surface area contributed by atoms with E-state index in [4.69, 9.17) is 34.8 Å². The molecule has 0 radical (unpaired) electrons. The first kappa shape index (κ1) is 34.3. The fourth-order valence-electron chi connectivity index (χ4n) is 4.79. The molecule has 0 heterocycles. The Morgan fingerprint density at radius 1 is 0.778 bits per heavy atom. The molecule has 1 N–H and O–H groups in total. The molecule has 0 aliphatic rings. The molecule has 4 aromatic carbocycles. The van der Waals surface area contributed by atoms with Gasteiger partial charge in [-0.3, -0.25) is 13.9 Å². The van der Waals surface area contributed by atoms with Crippen LogP contribution in [0.2, 0.25) is 15.1 Å². The molecule has 1 atom stereocenters. The van der Waals surface area contributed by atoms with Crippen molar-refractivity contribution in [2.24, 2.45) is 0 Å². The molecule has 7 nitrogen and oxygen atoms in total. The van der Waals surface area contributed by atoms with E-state index < -0.39 is 28.5 Å². The Labute approximate surface area is 279 Å². The second-order valence-electron chi connectivity index (χ2n) is 10.4. The van der Waals surface area contributed by atoms with Gasteiger partial charge in [-0.1, -0.05) is 96.7 Å². The number of halogens is 3. The van der Waals surface area contributed by atoms with Gasteiger partial charge in [-0.15, -0.1) is 0 Å². The van der Waals surface area contributed by atoms with Crippen LogP contribution in [0.25, 0.3) is 0 Å². The zero-order valence-electron chi connectivity index (χ0n) is 24.7. The van der Waals surface area contributed by atoms with Crippen LogP contribution in [0.1, 0.15) is 30.9 Å². The number of nitrogens with one attached hydrogen (secondary N) is 1. The van der Waals surface area contributed by atoms with E-state index in [1.165, 1.54) is 35.2 Å². The smallest absolute Gasteiger partial charge is 0.264 e. The number of amides is 2. The van der Waals surface area contributed by atoms with E-state index >= 15 is 0 Å². The quantitative estimate of drug-likeness (QED) is 0.140. The van der Waals surface area contributed by atoms with Crippen molar-refractivity contribution in [3.05, 3.63) is 129 Å². The molecule has 236 valence electrons. The molecule has 0 fully saturated rings. The summed E-state index contributed by atoms with van der Waals surface area (Å²) in [5.74, 6) is -0.920. The van der Waals surface area contributed by atoms with Gasteiger partial charge in [0.05, 0.1) is 10.6 Å². The first-order valence-electron chi connectivity index (χ1n) is 14.5. The van der Waals surface area contributed by atoms with Gasteiger partial charge >= 0.3 is 0 Å². The maximum atomic E-state index is 14.5. The monoisotopic (exact) mass is 685 g/mol. The van der Waals surface area contributed by atoms with Gasteiger partial charge in [0, 0.05) is 34.6 Å². The number of nitrogens with zero attached hydrogens (tertiary/aromatic N) is 2. The lowest BCUT2D eigenvalue weighted by Crippen LogP contribution is -2.53. The van der Waals surface area contributed by atoms with Gasteiger partial charge in [-0.2, -0.15) is 0 Å². The average Bonchev–Trinajstić information content (AvgIpc) is 3.02. The molecule has 0 spiro atoms. The first-order valence-corrected chi connectivity index (χ1v) is 17.1. The van der Waals surface area contributed by atoms with E-state index in [9.17, 15) is 18.0 Å². The third-order valence-corrected chi connectivity index (χ3v) is 9.63. The zero-order chi connectivity index (χ0) is 32.4. The molecule has 0 aliphatic heterocycles. The topological polar surface area (TPSA) is 86.8 Å². The van der Waals surface area contributed by atoms with Crippen molar-refractivity contribution in [3.8, 4) is 0 Å². The van der Waals surface area contributed by atoms with Gasteiger partial charge in [-0.05, 0) is 72.1 Å². The first-order chi connectivity index (χ1) is 21.6. The standard InChI is InChI=1S/C34H34Cl3N3O4S/c1-2-3-19-38-34(42)32(21-25-9-5-4-6-10-25)39(23-26-11-7-12-28(36)20-26)33(41)24-40(30-14-8-13-29(37)22-30)45(43,44)31-17-15-27(35)16-18-31/h4-18,20,22,32H,2-3,19,21,23-24H2,1H3,(H,38,42). The van der Waals surface area contributed by atoms with Crippen molar-refractivity contribution in [1.29, 1.82) is 0 Å². The van der Waals surface area contributed by atoms with Gasteiger partial charge in [0.1, 0.15) is 12.6 Å². The largest absolute Gasteiger partial charge is 0.354 e. The Kier molecular flexibility index (Phi) is 12.3. The molecule has 4 aromatic rings. The highest BCUT2D eigenvalue weighted by Crippen LogP contribution is 2.28. The molecule has 2 amide bonds. The predicted molar refractivity (Wildman–Crippen MR) is 181 cm³/mol. The number of benzene rings is 4. The minimum absolute atomic E-state index is 0.0163. The van der Waals surface area contributed by atoms with Crippen molar-refractivity contribution in [2.75, 3.05) is 17.4 Å². The molecule has 0 aromatic heterocycles. The van der Waals surface area contributed by atoms with E-state index in [0.29, 0.717) is 27.2 Å². The third kappa shape index (κ3) is 9.47. The lowest BCUT2D eigenvalue weighted by Gasteiger charge is -2.34. The lowest BCUT2D eigenvalue weighted by atomic mass is 10.0. The highest BCUT2D eigenvalue weighted by Gasteiger charge is 2.34. The Balaban J connectivity index is 1.79. The number of carbonyl (C=O) groups is 2. The van der Waals surface area contributed by atoms with Gasteiger partial charge in [0.2, 0.25) is 11.8 Å². The Bertz CT molecular complexity index is 1700. The van der Waals surface area contributed by atoms with Gasteiger partial charge in [0.25, 0.3) is 10.0 Å². The highest BCUT2D eigenvalue weighted by molar-refractivity contribution is 7.92. The van der Waals surface area contributed by atoms with E-state index in [0.717, 1.165) is 22.7 Å². The minimum atomic E-state index is -4.27. The number of sulfonamides is 1. The molecule has 0 saturated heterocycles. The van der Waals surface area contributed by atoms with Gasteiger partial charge < -0.3 is 10.2 Å². The number of hydrogen-bond acceptors (Lipinski definition) is 4. The Morgan fingerprint density at radius 2 is 1.42 bits per heavy atom. The number of carbonyl (C=O) groups excluding carboxylic acids is 2. The number of unbranched alkanes of at least 4 members (excludes halogenated alkanes) is 1. The maximum absolute atomic E-state index is 14.5. The zero-order valence-corrected chi connectivity index (χ0v) is 27.8. The van der Waals surface area contributed by atoms with E-state index in [-0.39, 0.29) is 29.5 Å². The number of hydrogen-bond donors (Lipinski definition) is 1. The number of rotatable bonds is 14. The van der Waals surface area contributed by atoms with Crippen LogP contribution in [0.15, 0.2) is 108 Å². The van der Waals surface area contributed by atoms with Crippen molar-refractivity contribution < 1.29 is 18.0 Å². The second-order valence-corrected chi connectivity index (χ2v) is 13.6. The molecule has 4 rings (SSSR count). The average molecular weight is 687 g/mol. The Hall–Kier alpha value is -3.56. The second kappa shape index (κ2) is 16.1. The van der Waals surface area contributed by atoms with Crippen molar-refractivity contribution in [2.45, 2.75) is 43.7 Å². The summed E-state index contributed by atoms with van der Waals surface area (Å²) in [6.07, 6.45) is 1.87. The molecule has 0 aliphatic carbocycles. The summed E-state index contributed by atoms with van der Waals surface area (Å²) in [4.78, 5) is 29.6. The number of anilines is 1. The van der Waals surface area contributed by atoms with Crippen LogP contribution >= 0.6 is 34.8 Å². The highest BCUT2D eigenvalue weighted by atomic mass is 35.5. The Morgan fingerprint density at radius 3 is 2.07 bits per heavy atom. The fraction of sp³-hybridized carbons (Fsp3) is 0.235. The molecule has 0 bridgehead atoms. The summed E-state index contributed by atoms with van der Waals surface area (Å²) in [5.41, 5.74) is 1.73. The van der Waals surface area contributed by atoms with Crippen LogP contribution in [0.3, 0.4) is 0 Å². The summed E-state index contributed by atoms with van der Waals surface area (Å²) >= 11 is 18.6. The van der Waals surface area contributed by atoms with Crippen LogP contribution in [0.5, 0.6) is 0 Å². The molecule has 11 heteroatoms. The molecular formula is C34H34Cl3N3O4S. The van der Waals surface area contributed by atoms with Gasteiger partial charge in [0.15, 0.2) is 0 Å². The summed E-state index contributed by atoms with van der Waals surface area (Å²) in [6.45, 7) is 1.88. The lowest BCUT2D eigenvalue weighted by molar-refractivity contribution is -0.140.